The number of nitrogens with zero attached hydrogens (tertiary/aromatic N) is 3. The average Bonchev–Trinajstić information content (AvgIpc) is 2.63. The lowest BCUT2D eigenvalue weighted by atomic mass is 10.1. The van der Waals surface area contributed by atoms with Crippen LogP contribution in [0.15, 0.2) is 30.3 Å². The van der Waals surface area contributed by atoms with Gasteiger partial charge < -0.3 is 10.2 Å². The van der Waals surface area contributed by atoms with Gasteiger partial charge >= 0.3 is 0 Å². The number of amides is 1. The van der Waals surface area contributed by atoms with Crippen molar-refractivity contribution in [1.82, 2.24) is 15.3 Å². The summed E-state index contributed by atoms with van der Waals surface area (Å²) in [5.41, 5.74) is 1.73. The summed E-state index contributed by atoms with van der Waals surface area (Å²) in [6.07, 6.45) is 3.93. The molecular formula is C19H23FN4O. The SMILES string of the molecule is Cc1cc(C(=O)NCCc2ccccc2F)nc(N2CCCCC2)n1. The van der Waals surface area contributed by atoms with Crippen LogP contribution in [0.25, 0.3) is 0 Å². The van der Waals surface area contributed by atoms with Crippen LogP contribution in [0.5, 0.6) is 0 Å². The first-order valence-electron chi connectivity index (χ1n) is 8.76. The number of aromatic nitrogens is 2. The van der Waals surface area contributed by atoms with E-state index in [-0.39, 0.29) is 11.7 Å². The lowest BCUT2D eigenvalue weighted by Crippen LogP contribution is -2.32. The number of halogens is 1. The lowest BCUT2D eigenvalue weighted by Gasteiger charge is -2.27. The molecule has 1 fully saturated rings. The Morgan fingerprint density at radius 2 is 1.96 bits per heavy atom. The first kappa shape index (κ1) is 17.3. The maximum Gasteiger partial charge on any atom is 0.270 e. The van der Waals surface area contributed by atoms with Gasteiger partial charge in [-0.3, -0.25) is 4.79 Å². The largest absolute Gasteiger partial charge is 0.350 e. The molecular weight excluding hydrogens is 319 g/mol. The fraction of sp³-hybridized carbons (Fsp3) is 0.421. The molecule has 2 aromatic rings. The summed E-state index contributed by atoms with van der Waals surface area (Å²) < 4.78 is 13.6. The van der Waals surface area contributed by atoms with E-state index >= 15 is 0 Å². The molecule has 0 bridgehead atoms. The normalized spacial score (nSPS) is 14.4. The van der Waals surface area contributed by atoms with Gasteiger partial charge in [0.1, 0.15) is 11.5 Å². The van der Waals surface area contributed by atoms with E-state index < -0.39 is 0 Å². The highest BCUT2D eigenvalue weighted by Crippen LogP contribution is 2.16. The highest BCUT2D eigenvalue weighted by molar-refractivity contribution is 5.92. The molecule has 1 aliphatic rings. The van der Waals surface area contributed by atoms with Crippen LogP contribution in [-0.4, -0.2) is 35.5 Å². The summed E-state index contributed by atoms with van der Waals surface area (Å²) in [5, 5.41) is 2.82. The number of piperidine rings is 1. The average molecular weight is 342 g/mol. The fourth-order valence-electron chi connectivity index (χ4n) is 3.01. The molecule has 1 aromatic carbocycles. The molecule has 132 valence electrons. The van der Waals surface area contributed by atoms with Crippen molar-refractivity contribution in [2.24, 2.45) is 0 Å². The molecule has 1 N–H and O–H groups in total. The highest BCUT2D eigenvalue weighted by atomic mass is 19.1. The summed E-state index contributed by atoms with van der Waals surface area (Å²) in [6, 6.07) is 8.29. The van der Waals surface area contributed by atoms with E-state index in [4.69, 9.17) is 0 Å². The van der Waals surface area contributed by atoms with E-state index in [0.29, 0.717) is 30.2 Å². The summed E-state index contributed by atoms with van der Waals surface area (Å²) in [6.45, 7) is 4.09. The molecule has 25 heavy (non-hydrogen) atoms. The predicted molar refractivity (Wildman–Crippen MR) is 95.3 cm³/mol. The Morgan fingerprint density at radius 3 is 2.72 bits per heavy atom. The van der Waals surface area contributed by atoms with Crippen LogP contribution < -0.4 is 10.2 Å². The van der Waals surface area contributed by atoms with Crippen molar-refractivity contribution in [2.75, 3.05) is 24.5 Å². The summed E-state index contributed by atoms with van der Waals surface area (Å²) in [5.74, 6) is 0.126. The van der Waals surface area contributed by atoms with Crippen LogP contribution in [0.2, 0.25) is 0 Å². The Balaban J connectivity index is 1.63. The molecule has 0 saturated carbocycles. The molecule has 5 nitrogen and oxygen atoms in total. The standard InChI is InChI=1S/C19H23FN4O/c1-14-13-17(23-19(22-14)24-11-5-2-6-12-24)18(25)21-10-9-15-7-3-4-8-16(15)20/h3-4,7-8,13H,2,5-6,9-12H2,1H3,(H,21,25). The first-order chi connectivity index (χ1) is 12.1. The quantitative estimate of drug-likeness (QED) is 0.908. The molecule has 3 rings (SSSR count). The fourth-order valence-corrected chi connectivity index (χ4v) is 3.01. The number of aryl methyl sites for hydroxylation is 1. The minimum Gasteiger partial charge on any atom is -0.350 e. The van der Waals surface area contributed by atoms with Crippen molar-refractivity contribution in [3.05, 3.63) is 53.1 Å². The van der Waals surface area contributed by atoms with Crippen LogP contribution in [0.3, 0.4) is 0 Å². The number of carbonyl (C=O) groups excluding carboxylic acids is 1. The van der Waals surface area contributed by atoms with Gasteiger partial charge in [-0.05, 0) is 50.3 Å². The monoisotopic (exact) mass is 342 g/mol. The Bertz CT molecular complexity index is 744. The number of hydrogen-bond donors (Lipinski definition) is 1. The molecule has 1 amide bonds. The maximum absolute atomic E-state index is 13.6. The number of benzene rings is 1. The van der Waals surface area contributed by atoms with Crippen LogP contribution in [0.4, 0.5) is 10.3 Å². The topological polar surface area (TPSA) is 58.1 Å². The van der Waals surface area contributed by atoms with Crippen LogP contribution in [0.1, 0.15) is 41.0 Å². The number of rotatable bonds is 5. The minimum absolute atomic E-state index is 0.248. The molecule has 0 atom stereocenters. The van der Waals surface area contributed by atoms with E-state index in [1.807, 2.05) is 6.92 Å². The zero-order valence-electron chi connectivity index (χ0n) is 14.5. The molecule has 0 unspecified atom stereocenters. The van der Waals surface area contributed by atoms with Gasteiger partial charge in [-0.15, -0.1) is 0 Å². The van der Waals surface area contributed by atoms with Crippen molar-refractivity contribution in [1.29, 1.82) is 0 Å². The maximum atomic E-state index is 13.6. The van der Waals surface area contributed by atoms with Crippen LogP contribution in [-0.2, 0) is 6.42 Å². The first-order valence-corrected chi connectivity index (χ1v) is 8.76. The zero-order valence-corrected chi connectivity index (χ0v) is 14.5. The number of nitrogens with one attached hydrogen (secondary N) is 1. The number of carbonyl (C=O) groups is 1. The van der Waals surface area contributed by atoms with Gasteiger partial charge in [0.2, 0.25) is 5.95 Å². The van der Waals surface area contributed by atoms with Gasteiger partial charge in [-0.1, -0.05) is 18.2 Å². The second kappa shape index (κ2) is 8.05. The summed E-state index contributed by atoms with van der Waals surface area (Å²) >= 11 is 0. The van der Waals surface area contributed by atoms with Crippen LogP contribution in [0, 0.1) is 12.7 Å². The van der Waals surface area contributed by atoms with Crippen molar-refractivity contribution >= 4 is 11.9 Å². The summed E-state index contributed by atoms with van der Waals surface area (Å²) in [7, 11) is 0. The van der Waals surface area contributed by atoms with Gasteiger partial charge in [0.15, 0.2) is 0 Å². The Morgan fingerprint density at radius 1 is 1.20 bits per heavy atom. The van der Waals surface area contributed by atoms with E-state index in [1.54, 1.807) is 24.3 Å². The van der Waals surface area contributed by atoms with Gasteiger partial charge in [-0.2, -0.15) is 0 Å². The summed E-state index contributed by atoms with van der Waals surface area (Å²) in [4.78, 5) is 23.4. The van der Waals surface area contributed by atoms with Crippen molar-refractivity contribution < 1.29 is 9.18 Å². The zero-order chi connectivity index (χ0) is 17.6. The molecule has 0 aliphatic carbocycles. The molecule has 0 radical (unpaired) electrons. The molecule has 1 saturated heterocycles. The van der Waals surface area contributed by atoms with E-state index in [2.05, 4.69) is 20.2 Å². The van der Waals surface area contributed by atoms with Gasteiger partial charge in [0.05, 0.1) is 0 Å². The molecule has 1 aliphatic heterocycles. The number of anilines is 1. The third-order valence-corrected chi connectivity index (χ3v) is 4.35. The van der Waals surface area contributed by atoms with E-state index in [1.165, 1.54) is 12.5 Å². The third kappa shape index (κ3) is 4.53. The van der Waals surface area contributed by atoms with Crippen molar-refractivity contribution in [3.63, 3.8) is 0 Å². The second-order valence-electron chi connectivity index (χ2n) is 6.34. The molecule has 1 aromatic heterocycles. The van der Waals surface area contributed by atoms with Gasteiger partial charge in [-0.25, -0.2) is 14.4 Å². The number of hydrogen-bond acceptors (Lipinski definition) is 4. The lowest BCUT2D eigenvalue weighted by molar-refractivity contribution is 0.0949. The van der Waals surface area contributed by atoms with Crippen molar-refractivity contribution in [2.45, 2.75) is 32.6 Å². The second-order valence-corrected chi connectivity index (χ2v) is 6.34. The minimum atomic E-state index is -0.250. The molecule has 0 spiro atoms. The molecule has 6 heteroatoms. The van der Waals surface area contributed by atoms with E-state index in [9.17, 15) is 9.18 Å². The predicted octanol–water partition coefficient (Wildman–Crippen LogP) is 2.89. The smallest absolute Gasteiger partial charge is 0.270 e. The van der Waals surface area contributed by atoms with Crippen molar-refractivity contribution in [3.8, 4) is 0 Å². The Hall–Kier alpha value is -2.50. The Kier molecular flexibility index (Phi) is 5.58. The third-order valence-electron chi connectivity index (χ3n) is 4.35. The van der Waals surface area contributed by atoms with Gasteiger partial charge in [0.25, 0.3) is 5.91 Å². The van der Waals surface area contributed by atoms with Crippen LogP contribution >= 0.6 is 0 Å². The molecule has 2 heterocycles. The van der Waals surface area contributed by atoms with E-state index in [0.717, 1.165) is 31.6 Å². The Labute approximate surface area is 147 Å². The highest BCUT2D eigenvalue weighted by Gasteiger charge is 2.17. The van der Waals surface area contributed by atoms with Gasteiger partial charge in [0, 0.05) is 25.3 Å².